The highest BCUT2D eigenvalue weighted by atomic mass is 19.4. The van der Waals surface area contributed by atoms with Crippen molar-refractivity contribution in [3.8, 4) is 23.0 Å². The lowest BCUT2D eigenvalue weighted by Gasteiger charge is -2.44. The molecule has 5 rings (SSSR count). The van der Waals surface area contributed by atoms with Gasteiger partial charge in [-0.1, -0.05) is 18.2 Å². The number of piperidine rings is 1. The number of carbonyl (C=O) groups excluding carboxylic acids is 2. The Bertz CT molecular complexity index is 1500. The van der Waals surface area contributed by atoms with Crippen LogP contribution in [-0.2, 0) is 15.8 Å². The summed E-state index contributed by atoms with van der Waals surface area (Å²) in [6.45, 7) is 1.42. The van der Waals surface area contributed by atoms with Crippen LogP contribution in [0.5, 0.6) is 23.0 Å². The third-order valence-electron chi connectivity index (χ3n) is 8.43. The van der Waals surface area contributed by atoms with Gasteiger partial charge in [0.15, 0.2) is 11.5 Å². The predicted molar refractivity (Wildman–Crippen MR) is 162 cm³/mol. The van der Waals surface area contributed by atoms with Crippen molar-refractivity contribution in [1.29, 1.82) is 0 Å². The minimum absolute atomic E-state index is 0.121. The number of methoxy groups -OCH3 is 4. The second-order valence-corrected chi connectivity index (χ2v) is 10.9. The Morgan fingerprint density at radius 3 is 2.00 bits per heavy atom. The van der Waals surface area contributed by atoms with Crippen LogP contribution in [0.4, 0.5) is 24.5 Å². The van der Waals surface area contributed by atoms with E-state index in [1.165, 1.54) is 27.4 Å². The summed E-state index contributed by atoms with van der Waals surface area (Å²) < 4.78 is 61.9. The van der Waals surface area contributed by atoms with E-state index < -0.39 is 23.7 Å². The molecule has 0 spiro atoms. The Hall–Kier alpha value is -4.61. The molecule has 3 aromatic rings. The van der Waals surface area contributed by atoms with Crippen molar-refractivity contribution in [2.75, 3.05) is 64.4 Å². The predicted octanol–water partition coefficient (Wildman–Crippen LogP) is 5.57. The molecule has 0 unspecified atom stereocenters. The Kier molecular flexibility index (Phi) is 9.31. The lowest BCUT2D eigenvalue weighted by Crippen LogP contribution is -2.54. The van der Waals surface area contributed by atoms with E-state index in [0.29, 0.717) is 67.0 Å². The van der Waals surface area contributed by atoms with Gasteiger partial charge in [-0.3, -0.25) is 9.59 Å². The van der Waals surface area contributed by atoms with Crippen molar-refractivity contribution in [2.24, 2.45) is 5.92 Å². The molecular formula is C33H36F3N3O6. The highest BCUT2D eigenvalue weighted by Gasteiger charge is 2.44. The largest absolute Gasteiger partial charge is 0.497 e. The molecule has 45 heavy (non-hydrogen) atoms. The Morgan fingerprint density at radius 2 is 1.44 bits per heavy atom. The van der Waals surface area contributed by atoms with Gasteiger partial charge in [0.05, 0.1) is 51.6 Å². The van der Waals surface area contributed by atoms with Crippen molar-refractivity contribution in [1.82, 2.24) is 4.90 Å². The zero-order chi connectivity index (χ0) is 32.3. The number of rotatable bonds is 8. The van der Waals surface area contributed by atoms with Crippen LogP contribution in [0.2, 0.25) is 0 Å². The van der Waals surface area contributed by atoms with Gasteiger partial charge in [-0.15, -0.1) is 0 Å². The minimum atomic E-state index is -4.44. The van der Waals surface area contributed by atoms with Gasteiger partial charge in [-0.2, -0.15) is 13.2 Å². The van der Waals surface area contributed by atoms with Crippen LogP contribution in [0, 0.1) is 5.92 Å². The molecule has 0 saturated carbocycles. The number of halogens is 3. The van der Waals surface area contributed by atoms with Gasteiger partial charge in [-0.05, 0) is 42.3 Å². The summed E-state index contributed by atoms with van der Waals surface area (Å²) in [6, 6.07) is 15.2. The monoisotopic (exact) mass is 627 g/mol. The molecule has 240 valence electrons. The normalized spacial score (nSPS) is 18.9. The lowest BCUT2D eigenvalue weighted by atomic mass is 9.82. The number of amides is 2. The summed E-state index contributed by atoms with van der Waals surface area (Å²) >= 11 is 0. The van der Waals surface area contributed by atoms with E-state index in [9.17, 15) is 22.8 Å². The Balaban J connectivity index is 1.46. The van der Waals surface area contributed by atoms with Crippen molar-refractivity contribution >= 4 is 23.2 Å². The summed E-state index contributed by atoms with van der Waals surface area (Å²) in [7, 11) is 6.04. The van der Waals surface area contributed by atoms with Crippen LogP contribution in [0.1, 0.15) is 30.0 Å². The molecule has 12 heteroatoms. The molecule has 2 aliphatic heterocycles. The van der Waals surface area contributed by atoms with E-state index >= 15 is 0 Å². The number of anilines is 2. The Labute approximate surface area is 260 Å². The fourth-order valence-electron chi connectivity index (χ4n) is 6.14. The number of hydrogen-bond donors (Lipinski definition) is 0. The second kappa shape index (κ2) is 13.2. The van der Waals surface area contributed by atoms with E-state index in [1.807, 2.05) is 17.0 Å². The number of carbonyl (C=O) groups is 2. The van der Waals surface area contributed by atoms with Crippen LogP contribution < -0.4 is 28.7 Å². The second-order valence-electron chi connectivity index (χ2n) is 10.9. The zero-order valence-corrected chi connectivity index (χ0v) is 25.6. The summed E-state index contributed by atoms with van der Waals surface area (Å²) in [5.74, 6) is 0.872. The van der Waals surface area contributed by atoms with Gasteiger partial charge in [0, 0.05) is 50.4 Å². The Morgan fingerprint density at radius 1 is 0.800 bits per heavy atom. The molecule has 9 nitrogen and oxygen atoms in total. The highest BCUT2D eigenvalue weighted by Crippen LogP contribution is 2.47. The quantitative estimate of drug-likeness (QED) is 0.323. The third-order valence-corrected chi connectivity index (χ3v) is 8.43. The molecule has 2 heterocycles. The first-order valence-corrected chi connectivity index (χ1v) is 14.6. The number of hydrogen-bond acceptors (Lipinski definition) is 7. The molecule has 0 bridgehead atoms. The van der Waals surface area contributed by atoms with Crippen LogP contribution in [-0.4, -0.2) is 71.3 Å². The molecular weight excluding hydrogens is 591 g/mol. The van der Waals surface area contributed by atoms with Gasteiger partial charge in [0.2, 0.25) is 17.6 Å². The van der Waals surface area contributed by atoms with Gasteiger partial charge in [0.1, 0.15) is 5.75 Å². The summed E-state index contributed by atoms with van der Waals surface area (Å²) in [6.07, 6.45) is -3.96. The molecule has 2 atom stereocenters. The number of piperazine rings is 1. The van der Waals surface area contributed by atoms with Gasteiger partial charge < -0.3 is 33.6 Å². The smallest absolute Gasteiger partial charge is 0.416 e. The molecule has 2 fully saturated rings. The van der Waals surface area contributed by atoms with Crippen LogP contribution >= 0.6 is 0 Å². The van der Waals surface area contributed by atoms with Crippen molar-refractivity contribution in [3.63, 3.8) is 0 Å². The van der Waals surface area contributed by atoms with E-state index in [1.54, 1.807) is 47.2 Å². The highest BCUT2D eigenvalue weighted by molar-refractivity contribution is 5.98. The van der Waals surface area contributed by atoms with Crippen LogP contribution in [0.15, 0.2) is 60.7 Å². The standard InChI is InChI=1S/C33H36F3N3O6/c1-42-25-10-8-21(9-11-25)30-26(12-13-29(40)39(30)24-19-27(43-2)31(45-4)28(20-24)44-3)32(41)38-16-14-37(15-17-38)23-7-5-6-22(18-23)33(34,35)36/h5-11,18-20,26,30H,12-17H2,1-4H3/t26-,30-/m1/s1. The average Bonchev–Trinajstić information content (AvgIpc) is 3.06. The van der Waals surface area contributed by atoms with E-state index in [0.717, 1.165) is 17.7 Å². The van der Waals surface area contributed by atoms with Crippen molar-refractivity contribution in [2.45, 2.75) is 25.1 Å². The fourth-order valence-corrected chi connectivity index (χ4v) is 6.14. The number of nitrogens with zero attached hydrogens (tertiary/aromatic N) is 3. The van der Waals surface area contributed by atoms with E-state index in [-0.39, 0.29) is 18.2 Å². The number of alkyl halides is 3. The fraction of sp³-hybridized carbons (Fsp3) is 0.394. The van der Waals surface area contributed by atoms with E-state index in [2.05, 4.69) is 0 Å². The minimum Gasteiger partial charge on any atom is -0.497 e. The SMILES string of the molecule is COc1ccc([C@@H]2[C@H](C(=O)N3CCN(c4cccc(C(F)(F)F)c4)CC3)CCC(=O)N2c2cc(OC)c(OC)c(OC)c2)cc1. The van der Waals surface area contributed by atoms with E-state index in [4.69, 9.17) is 18.9 Å². The molecule has 2 amide bonds. The maximum absolute atomic E-state index is 14.2. The van der Waals surface area contributed by atoms with Gasteiger partial charge in [-0.25, -0.2) is 0 Å². The molecule has 0 aliphatic carbocycles. The summed E-state index contributed by atoms with van der Waals surface area (Å²) in [4.78, 5) is 33.1. The molecule has 2 saturated heterocycles. The first-order chi connectivity index (χ1) is 21.6. The molecule has 0 radical (unpaired) electrons. The third kappa shape index (κ3) is 6.45. The molecule has 0 N–H and O–H groups in total. The topological polar surface area (TPSA) is 80.8 Å². The van der Waals surface area contributed by atoms with Crippen molar-refractivity contribution in [3.05, 3.63) is 71.8 Å². The zero-order valence-electron chi connectivity index (χ0n) is 25.6. The molecule has 3 aromatic carbocycles. The molecule has 2 aliphatic rings. The van der Waals surface area contributed by atoms with Gasteiger partial charge >= 0.3 is 6.18 Å². The summed E-state index contributed by atoms with van der Waals surface area (Å²) in [5.41, 5.74) is 0.991. The van der Waals surface area contributed by atoms with Crippen LogP contribution in [0.3, 0.4) is 0 Å². The maximum atomic E-state index is 14.2. The maximum Gasteiger partial charge on any atom is 0.416 e. The lowest BCUT2D eigenvalue weighted by molar-refractivity contribution is -0.139. The first-order valence-electron chi connectivity index (χ1n) is 14.6. The van der Waals surface area contributed by atoms with Gasteiger partial charge in [0.25, 0.3) is 0 Å². The average molecular weight is 628 g/mol. The first kappa shape index (κ1) is 31.8. The number of benzene rings is 3. The number of ether oxygens (including phenoxy) is 4. The van der Waals surface area contributed by atoms with Crippen LogP contribution in [0.25, 0.3) is 0 Å². The summed E-state index contributed by atoms with van der Waals surface area (Å²) in [5, 5.41) is 0. The molecule has 0 aromatic heterocycles. The van der Waals surface area contributed by atoms with Crippen molar-refractivity contribution < 1.29 is 41.7 Å².